The van der Waals surface area contributed by atoms with Crippen LogP contribution in [0.2, 0.25) is 0 Å². The predicted octanol–water partition coefficient (Wildman–Crippen LogP) is -3.51. The third-order valence-corrected chi connectivity index (χ3v) is 4.19. The Morgan fingerprint density at radius 2 is 1.57 bits per heavy atom. The van der Waals surface area contributed by atoms with E-state index in [-0.39, 0.29) is 6.42 Å². The van der Waals surface area contributed by atoms with Crippen molar-refractivity contribution in [1.82, 2.24) is 16.0 Å². The maximum atomic E-state index is 12.4. The number of amides is 4. The van der Waals surface area contributed by atoms with Gasteiger partial charge in [-0.05, 0) is 25.4 Å². The van der Waals surface area contributed by atoms with Crippen LogP contribution in [-0.4, -0.2) is 82.6 Å². The van der Waals surface area contributed by atoms with Gasteiger partial charge in [-0.2, -0.15) is 11.8 Å². The molecule has 28 heavy (non-hydrogen) atoms. The molecule has 0 rings (SSSR count). The summed E-state index contributed by atoms with van der Waals surface area (Å²) in [6, 6.07) is -4.88. The quantitative estimate of drug-likeness (QED) is 0.157. The Balaban J connectivity index is 4.97. The van der Waals surface area contributed by atoms with Crippen LogP contribution in [0.25, 0.3) is 0 Å². The van der Waals surface area contributed by atoms with Gasteiger partial charge in [0.2, 0.25) is 23.6 Å². The lowest BCUT2D eigenvalue weighted by atomic mass is 10.1. The molecule has 160 valence electrons. The fourth-order valence-corrected chi connectivity index (χ4v) is 2.42. The standard InChI is InChI=1S/C15H27N5O7S/c1-7(12(23)20-10(15(26)27)5-11(17)22)18-14(25)9(3-4-28-2)19-13(24)8(16)6-21/h7-10,21H,3-6,16H2,1-2H3,(H2,17,22)(H,18,25)(H,19,24)(H,20,23)(H,26,27). The lowest BCUT2D eigenvalue weighted by Crippen LogP contribution is -2.57. The maximum absolute atomic E-state index is 12.4. The Kier molecular flexibility index (Phi) is 11.8. The van der Waals surface area contributed by atoms with Gasteiger partial charge in [0, 0.05) is 0 Å². The number of carboxylic acid groups (broad SMARTS) is 1. The van der Waals surface area contributed by atoms with E-state index in [2.05, 4.69) is 16.0 Å². The highest BCUT2D eigenvalue weighted by molar-refractivity contribution is 7.98. The van der Waals surface area contributed by atoms with Crippen LogP contribution in [0.5, 0.6) is 0 Å². The molecule has 0 fully saturated rings. The minimum absolute atomic E-state index is 0.241. The molecular weight excluding hydrogens is 394 g/mol. The zero-order chi connectivity index (χ0) is 21.9. The van der Waals surface area contributed by atoms with Crippen LogP contribution in [0.3, 0.4) is 0 Å². The molecule has 0 radical (unpaired) electrons. The van der Waals surface area contributed by atoms with Crippen LogP contribution in [0.4, 0.5) is 0 Å². The van der Waals surface area contributed by atoms with E-state index in [1.807, 2.05) is 0 Å². The summed E-state index contributed by atoms with van der Waals surface area (Å²) in [5.41, 5.74) is 10.3. The van der Waals surface area contributed by atoms with E-state index >= 15 is 0 Å². The summed E-state index contributed by atoms with van der Waals surface area (Å²) in [5, 5.41) is 24.8. The second-order valence-electron chi connectivity index (χ2n) is 5.93. The molecule has 9 N–H and O–H groups in total. The van der Waals surface area contributed by atoms with Crippen molar-refractivity contribution in [1.29, 1.82) is 0 Å². The van der Waals surface area contributed by atoms with Crippen molar-refractivity contribution in [2.75, 3.05) is 18.6 Å². The Bertz CT molecular complexity index is 589. The summed E-state index contributed by atoms with van der Waals surface area (Å²) in [5.74, 6) is -4.10. The zero-order valence-electron chi connectivity index (χ0n) is 15.6. The summed E-state index contributed by atoms with van der Waals surface area (Å²) in [6.07, 6.45) is 1.44. The van der Waals surface area contributed by atoms with Gasteiger partial charge in [0.25, 0.3) is 0 Å². The lowest BCUT2D eigenvalue weighted by molar-refractivity contribution is -0.143. The molecule has 0 saturated heterocycles. The highest BCUT2D eigenvalue weighted by Crippen LogP contribution is 2.03. The number of carboxylic acids is 1. The van der Waals surface area contributed by atoms with E-state index in [0.29, 0.717) is 5.75 Å². The minimum atomic E-state index is -1.53. The molecular formula is C15H27N5O7S. The third kappa shape index (κ3) is 9.53. The molecule has 4 amide bonds. The fourth-order valence-electron chi connectivity index (χ4n) is 1.94. The molecule has 0 aromatic heterocycles. The number of thioether (sulfide) groups is 1. The first-order chi connectivity index (χ1) is 13.0. The predicted molar refractivity (Wildman–Crippen MR) is 101 cm³/mol. The van der Waals surface area contributed by atoms with E-state index in [0.717, 1.165) is 0 Å². The maximum Gasteiger partial charge on any atom is 0.326 e. The lowest BCUT2D eigenvalue weighted by Gasteiger charge is -2.23. The summed E-state index contributed by atoms with van der Waals surface area (Å²) >= 11 is 1.43. The Morgan fingerprint density at radius 1 is 1.00 bits per heavy atom. The van der Waals surface area contributed by atoms with Gasteiger partial charge in [-0.15, -0.1) is 0 Å². The Labute approximate surface area is 166 Å². The number of nitrogens with two attached hydrogens (primary N) is 2. The van der Waals surface area contributed by atoms with E-state index in [4.69, 9.17) is 21.7 Å². The fraction of sp³-hybridized carbons (Fsp3) is 0.667. The molecule has 13 heteroatoms. The molecule has 4 atom stereocenters. The summed E-state index contributed by atoms with van der Waals surface area (Å²) < 4.78 is 0. The van der Waals surface area contributed by atoms with Crippen molar-refractivity contribution >= 4 is 41.4 Å². The van der Waals surface area contributed by atoms with Crippen molar-refractivity contribution in [3.63, 3.8) is 0 Å². The summed E-state index contributed by atoms with van der Waals surface area (Å²) in [4.78, 5) is 58.3. The van der Waals surface area contributed by atoms with Gasteiger partial charge in [0.15, 0.2) is 0 Å². The molecule has 0 aliphatic heterocycles. The molecule has 0 heterocycles. The average Bonchev–Trinajstić information content (AvgIpc) is 2.62. The normalized spacial score (nSPS) is 14.9. The molecule has 4 unspecified atom stereocenters. The highest BCUT2D eigenvalue weighted by atomic mass is 32.2. The number of hydrogen-bond acceptors (Lipinski definition) is 8. The van der Waals surface area contributed by atoms with Crippen molar-refractivity contribution in [3.8, 4) is 0 Å². The first kappa shape index (κ1) is 25.6. The second-order valence-corrected chi connectivity index (χ2v) is 6.92. The molecule has 0 aliphatic rings. The molecule has 0 saturated carbocycles. The van der Waals surface area contributed by atoms with Crippen LogP contribution in [0.15, 0.2) is 0 Å². The van der Waals surface area contributed by atoms with E-state index in [1.54, 1.807) is 6.26 Å². The number of aliphatic carboxylic acids is 1. The number of rotatable bonds is 13. The number of aliphatic hydroxyl groups excluding tert-OH is 1. The molecule has 0 bridgehead atoms. The molecule has 0 aliphatic carbocycles. The Morgan fingerprint density at radius 3 is 2.04 bits per heavy atom. The Hall–Kier alpha value is -2.38. The van der Waals surface area contributed by atoms with E-state index < -0.39 is 66.8 Å². The number of nitrogens with one attached hydrogen (secondary N) is 3. The monoisotopic (exact) mass is 421 g/mol. The molecule has 12 nitrogen and oxygen atoms in total. The second kappa shape index (κ2) is 12.9. The molecule has 0 aromatic rings. The third-order valence-electron chi connectivity index (χ3n) is 3.55. The van der Waals surface area contributed by atoms with Crippen molar-refractivity contribution in [2.45, 2.75) is 43.9 Å². The summed E-state index contributed by atoms with van der Waals surface area (Å²) in [6.45, 7) is 0.710. The minimum Gasteiger partial charge on any atom is -0.480 e. The van der Waals surface area contributed by atoms with Gasteiger partial charge >= 0.3 is 5.97 Å². The van der Waals surface area contributed by atoms with Crippen LogP contribution in [-0.2, 0) is 24.0 Å². The van der Waals surface area contributed by atoms with Crippen molar-refractivity contribution < 1.29 is 34.2 Å². The first-order valence-electron chi connectivity index (χ1n) is 8.31. The zero-order valence-corrected chi connectivity index (χ0v) is 16.5. The largest absolute Gasteiger partial charge is 0.480 e. The molecule has 0 aromatic carbocycles. The highest BCUT2D eigenvalue weighted by Gasteiger charge is 2.28. The van der Waals surface area contributed by atoms with Gasteiger partial charge < -0.3 is 37.6 Å². The van der Waals surface area contributed by atoms with Gasteiger partial charge in [0.1, 0.15) is 24.2 Å². The average molecular weight is 421 g/mol. The van der Waals surface area contributed by atoms with Crippen molar-refractivity contribution in [3.05, 3.63) is 0 Å². The van der Waals surface area contributed by atoms with Crippen LogP contribution in [0, 0.1) is 0 Å². The van der Waals surface area contributed by atoms with Gasteiger partial charge in [-0.1, -0.05) is 0 Å². The van der Waals surface area contributed by atoms with Crippen LogP contribution >= 0.6 is 11.8 Å². The molecule has 0 spiro atoms. The SMILES string of the molecule is CSCCC(NC(=O)C(N)CO)C(=O)NC(C)C(=O)NC(CC(N)=O)C(=O)O. The first-order valence-corrected chi connectivity index (χ1v) is 9.70. The topological polar surface area (TPSA) is 214 Å². The van der Waals surface area contributed by atoms with E-state index in [9.17, 15) is 24.0 Å². The summed E-state index contributed by atoms with van der Waals surface area (Å²) in [7, 11) is 0. The van der Waals surface area contributed by atoms with Gasteiger partial charge in [-0.25, -0.2) is 4.79 Å². The smallest absolute Gasteiger partial charge is 0.326 e. The van der Waals surface area contributed by atoms with Gasteiger partial charge in [0.05, 0.1) is 13.0 Å². The van der Waals surface area contributed by atoms with Crippen LogP contribution in [0.1, 0.15) is 19.8 Å². The van der Waals surface area contributed by atoms with E-state index in [1.165, 1.54) is 18.7 Å². The van der Waals surface area contributed by atoms with Crippen molar-refractivity contribution in [2.24, 2.45) is 11.5 Å². The number of carbonyl (C=O) groups excluding carboxylic acids is 4. The number of aliphatic hydroxyl groups is 1. The van der Waals surface area contributed by atoms with Gasteiger partial charge in [-0.3, -0.25) is 19.2 Å². The van der Waals surface area contributed by atoms with Crippen LogP contribution < -0.4 is 27.4 Å². The number of primary amides is 1. The number of carbonyl (C=O) groups is 5. The number of hydrogen-bond donors (Lipinski definition) is 7.